The summed E-state index contributed by atoms with van der Waals surface area (Å²) in [7, 11) is -5.10. The number of ether oxygens (including phenoxy) is 1. The van der Waals surface area contributed by atoms with Gasteiger partial charge in [-0.1, -0.05) is 0 Å². The molecule has 2 bridgehead atoms. The van der Waals surface area contributed by atoms with Gasteiger partial charge in [0, 0.05) is 13.1 Å². The average Bonchev–Trinajstić information content (AvgIpc) is 2.88. The summed E-state index contributed by atoms with van der Waals surface area (Å²) in [6, 6.07) is -2.38. The molecule has 31 heavy (non-hydrogen) atoms. The zero-order chi connectivity index (χ0) is 23.0. The highest BCUT2D eigenvalue weighted by Gasteiger charge is 2.49. The third-order valence-corrected chi connectivity index (χ3v) is 5.50. The van der Waals surface area contributed by atoms with Crippen molar-refractivity contribution in [2.75, 3.05) is 19.6 Å². The zero-order valence-corrected chi connectivity index (χ0v) is 18.4. The summed E-state index contributed by atoms with van der Waals surface area (Å²) in [6.45, 7) is 6.14. The van der Waals surface area contributed by atoms with E-state index in [0.717, 1.165) is 4.90 Å². The molecular weight excluding hydrogens is 436 g/mol. The number of likely N-dealkylation sites (tertiary alicyclic amines) is 1. The van der Waals surface area contributed by atoms with Gasteiger partial charge in [0.05, 0.1) is 12.6 Å². The predicted octanol–water partition coefficient (Wildman–Crippen LogP) is 0.0941. The molecule has 13 nitrogen and oxygen atoms in total. The third kappa shape index (κ3) is 5.96. The van der Waals surface area contributed by atoms with Crippen LogP contribution in [0, 0.1) is 0 Å². The Morgan fingerprint density at radius 3 is 2.52 bits per heavy atom. The van der Waals surface area contributed by atoms with Crippen molar-refractivity contribution in [2.24, 2.45) is 0 Å². The van der Waals surface area contributed by atoms with Crippen LogP contribution in [0.4, 0.5) is 9.59 Å². The van der Waals surface area contributed by atoms with Crippen molar-refractivity contribution in [3.05, 3.63) is 0 Å². The molecule has 1 N–H and O–H groups in total. The van der Waals surface area contributed by atoms with Gasteiger partial charge in [-0.3, -0.25) is 9.63 Å². The normalized spacial score (nSPS) is 26.8. The van der Waals surface area contributed by atoms with Crippen molar-refractivity contribution in [2.45, 2.75) is 70.2 Å². The number of nitrogens with one attached hydrogen (secondary N) is 1. The van der Waals surface area contributed by atoms with Crippen LogP contribution in [0.5, 0.6) is 0 Å². The van der Waals surface area contributed by atoms with Crippen LogP contribution in [0.2, 0.25) is 0 Å². The molecule has 3 heterocycles. The van der Waals surface area contributed by atoms with Gasteiger partial charge in [-0.2, -0.15) is 9.35 Å². The highest BCUT2D eigenvalue weighted by molar-refractivity contribution is 7.80. The molecule has 0 unspecified atom stereocenters. The van der Waals surface area contributed by atoms with Gasteiger partial charge in [0.2, 0.25) is 10.4 Å². The van der Waals surface area contributed by atoms with Crippen molar-refractivity contribution in [1.82, 2.24) is 20.3 Å². The minimum Gasteiger partial charge on any atom is -0.724 e. The van der Waals surface area contributed by atoms with Gasteiger partial charge in [0.15, 0.2) is 0 Å². The number of nitrogens with zero attached hydrogens (tertiary/aromatic N) is 3. The first-order valence-electron chi connectivity index (χ1n) is 10.0. The zero-order valence-electron chi connectivity index (χ0n) is 17.6. The summed E-state index contributed by atoms with van der Waals surface area (Å²) in [6.07, 6.45) is 0.927. The van der Waals surface area contributed by atoms with Gasteiger partial charge in [0.1, 0.15) is 17.7 Å². The van der Waals surface area contributed by atoms with E-state index in [1.54, 1.807) is 20.8 Å². The molecule has 0 saturated carbocycles. The van der Waals surface area contributed by atoms with Crippen LogP contribution in [0.3, 0.4) is 0 Å². The van der Waals surface area contributed by atoms with E-state index in [-0.39, 0.29) is 25.9 Å². The van der Waals surface area contributed by atoms with Crippen molar-refractivity contribution in [1.29, 1.82) is 0 Å². The molecule has 14 heteroatoms. The molecule has 176 valence electrons. The topological polar surface area (TPSA) is 158 Å². The second kappa shape index (κ2) is 8.76. The number of hydrogen-bond donors (Lipinski definition) is 1. The van der Waals surface area contributed by atoms with Gasteiger partial charge in [-0.25, -0.2) is 23.5 Å². The molecule has 0 aromatic heterocycles. The number of carbonyl (C=O) groups is 3. The molecule has 0 aromatic rings. The summed E-state index contributed by atoms with van der Waals surface area (Å²) in [5.74, 6) is -0.576. The fourth-order valence-corrected chi connectivity index (χ4v) is 4.22. The van der Waals surface area contributed by atoms with Gasteiger partial charge >= 0.3 is 12.1 Å². The second-order valence-electron chi connectivity index (χ2n) is 8.77. The first-order chi connectivity index (χ1) is 14.3. The van der Waals surface area contributed by atoms with Crippen molar-refractivity contribution in [3.63, 3.8) is 0 Å². The number of carbonyl (C=O) groups excluding carboxylic acids is 3. The molecule has 3 fully saturated rings. The van der Waals surface area contributed by atoms with E-state index < -0.39 is 52.2 Å². The number of hydrogen-bond acceptors (Lipinski definition) is 9. The number of urea groups is 1. The first-order valence-corrected chi connectivity index (χ1v) is 11.4. The van der Waals surface area contributed by atoms with Crippen LogP contribution in [0.25, 0.3) is 0 Å². The first kappa shape index (κ1) is 23.5. The minimum atomic E-state index is -5.10. The average molecular weight is 463 g/mol. The van der Waals surface area contributed by atoms with E-state index in [0.29, 0.717) is 24.4 Å². The maximum Gasteiger partial charge on any atom is 0.410 e. The fourth-order valence-electron chi connectivity index (χ4n) is 3.84. The van der Waals surface area contributed by atoms with Crippen molar-refractivity contribution < 1.29 is 41.2 Å². The molecule has 0 aromatic carbocycles. The summed E-state index contributed by atoms with van der Waals surface area (Å²) in [5.41, 5.74) is 1.72. The number of rotatable bonds is 5. The smallest absolute Gasteiger partial charge is 0.410 e. The monoisotopic (exact) mass is 463 g/mol. The van der Waals surface area contributed by atoms with E-state index in [9.17, 15) is 27.4 Å². The van der Waals surface area contributed by atoms with E-state index in [1.165, 1.54) is 4.90 Å². The van der Waals surface area contributed by atoms with Crippen molar-refractivity contribution in [3.8, 4) is 0 Å². The van der Waals surface area contributed by atoms with Crippen LogP contribution in [0.15, 0.2) is 0 Å². The highest BCUT2D eigenvalue weighted by Crippen LogP contribution is 2.30. The van der Waals surface area contributed by atoms with Crippen LogP contribution in [-0.4, -0.2) is 89.3 Å². The van der Waals surface area contributed by atoms with E-state index in [1.807, 2.05) is 0 Å². The molecule has 0 radical (unpaired) electrons. The Morgan fingerprint density at radius 2 is 1.87 bits per heavy atom. The van der Waals surface area contributed by atoms with E-state index >= 15 is 0 Å². The Bertz CT molecular complexity index is 828. The van der Waals surface area contributed by atoms with Gasteiger partial charge < -0.3 is 19.1 Å². The summed E-state index contributed by atoms with van der Waals surface area (Å²) in [5, 5.41) is 0.510. The maximum absolute atomic E-state index is 12.6. The quantitative estimate of drug-likeness (QED) is 0.339. The number of piperidine rings is 2. The summed E-state index contributed by atoms with van der Waals surface area (Å²) < 4.78 is 42.1. The Morgan fingerprint density at radius 1 is 1.16 bits per heavy atom. The van der Waals surface area contributed by atoms with Gasteiger partial charge in [0.25, 0.3) is 5.91 Å². The Labute approximate surface area is 180 Å². The van der Waals surface area contributed by atoms with E-state index in [2.05, 4.69) is 9.76 Å². The number of fused-ring (bicyclic) bond motifs is 2. The van der Waals surface area contributed by atoms with Gasteiger partial charge in [-0.15, -0.1) is 0 Å². The lowest BCUT2D eigenvalue weighted by molar-refractivity contribution is -0.146. The SMILES string of the molecule is CC(C)(C)OC(=O)N1CCC[C@@H](ONC(=O)[C@@H]2CC[C@@H]3CN2C(=O)N3OS(=O)(=O)[O-])C1. The fraction of sp³-hybridized carbons (Fsp3) is 0.824. The standard InChI is InChI=1S/C17H28N4O9S/c1-17(2,3)28-16(24)19-8-4-5-12(10-19)29-18-14(22)13-7-6-11-9-20(13)15(23)21(11)30-31(25,26)27/h11-13H,4-10H2,1-3H3,(H,18,22)(H,25,26,27)/p-1/t11-,12-,13+/m1/s1. The number of amides is 4. The summed E-state index contributed by atoms with van der Waals surface area (Å²) >= 11 is 0. The Balaban J connectivity index is 1.52. The molecule has 3 saturated heterocycles. The number of hydroxylamine groups is 3. The Kier molecular flexibility index (Phi) is 6.64. The molecule has 3 atom stereocenters. The van der Waals surface area contributed by atoms with Crippen LogP contribution in [0.1, 0.15) is 46.5 Å². The van der Waals surface area contributed by atoms with E-state index in [4.69, 9.17) is 9.57 Å². The molecular formula is C17H27N4O9S-. The van der Waals surface area contributed by atoms with Crippen LogP contribution in [-0.2, 0) is 29.1 Å². The lowest BCUT2D eigenvalue weighted by atomic mass is 10.0. The molecule has 3 rings (SSSR count). The highest BCUT2D eigenvalue weighted by atomic mass is 32.3. The molecule has 0 spiro atoms. The molecule has 0 aliphatic carbocycles. The van der Waals surface area contributed by atoms with Gasteiger partial charge in [-0.05, 0) is 46.5 Å². The summed E-state index contributed by atoms with van der Waals surface area (Å²) in [4.78, 5) is 45.3. The van der Waals surface area contributed by atoms with Crippen molar-refractivity contribution >= 4 is 28.4 Å². The van der Waals surface area contributed by atoms with Crippen LogP contribution < -0.4 is 5.48 Å². The molecule has 3 aliphatic rings. The second-order valence-corrected chi connectivity index (χ2v) is 9.73. The lowest BCUT2D eigenvalue weighted by Gasteiger charge is -2.34. The molecule has 4 amide bonds. The van der Waals surface area contributed by atoms with Crippen LogP contribution >= 0.6 is 0 Å². The Hall–Kier alpha value is -2.16. The third-order valence-electron chi connectivity index (χ3n) is 5.15. The largest absolute Gasteiger partial charge is 0.724 e. The lowest BCUT2D eigenvalue weighted by Crippen LogP contribution is -2.52. The minimum absolute atomic E-state index is 0.0578. The maximum atomic E-state index is 12.6. The molecule has 3 aliphatic heterocycles. The predicted molar refractivity (Wildman–Crippen MR) is 102 cm³/mol.